The van der Waals surface area contributed by atoms with Crippen LogP contribution in [-0.2, 0) is 0 Å². The van der Waals surface area contributed by atoms with Crippen LogP contribution < -0.4 is 15.9 Å². The summed E-state index contributed by atoms with van der Waals surface area (Å²) in [5, 5.41) is 3.00. The Morgan fingerprint density at radius 1 is 1.46 bits per heavy atom. The van der Waals surface area contributed by atoms with Crippen LogP contribution in [0.25, 0.3) is 0 Å². The SMILES string of the molecule is CNc1c(N(C)C)nc(=O)[nH]c1C. The molecule has 0 spiro atoms. The molecule has 0 saturated carbocycles. The molecule has 1 aromatic heterocycles. The Morgan fingerprint density at radius 3 is 2.54 bits per heavy atom. The fraction of sp³-hybridized carbons (Fsp3) is 0.500. The molecule has 0 amide bonds. The Hall–Kier alpha value is -1.52. The Bertz CT molecular complexity index is 356. The molecule has 0 bridgehead atoms. The number of aromatic nitrogens is 2. The van der Waals surface area contributed by atoms with Crippen LogP contribution in [0, 0.1) is 6.92 Å². The molecule has 0 aromatic carbocycles. The van der Waals surface area contributed by atoms with E-state index in [1.807, 2.05) is 21.0 Å². The van der Waals surface area contributed by atoms with Crippen LogP contribution in [0.5, 0.6) is 0 Å². The first-order valence-electron chi connectivity index (χ1n) is 4.02. The quantitative estimate of drug-likeness (QED) is 0.685. The fourth-order valence-corrected chi connectivity index (χ4v) is 1.19. The lowest BCUT2D eigenvalue weighted by Crippen LogP contribution is -2.21. The Morgan fingerprint density at radius 2 is 2.08 bits per heavy atom. The van der Waals surface area contributed by atoms with Gasteiger partial charge in [-0.2, -0.15) is 4.98 Å². The van der Waals surface area contributed by atoms with Gasteiger partial charge in [-0.3, -0.25) is 0 Å². The maximum absolute atomic E-state index is 11.1. The van der Waals surface area contributed by atoms with Gasteiger partial charge in [-0.15, -0.1) is 0 Å². The highest BCUT2D eigenvalue weighted by Gasteiger charge is 2.08. The highest BCUT2D eigenvalue weighted by atomic mass is 16.1. The van der Waals surface area contributed by atoms with Gasteiger partial charge < -0.3 is 15.2 Å². The third kappa shape index (κ3) is 1.80. The van der Waals surface area contributed by atoms with Crippen LogP contribution in [0.4, 0.5) is 11.5 Å². The number of H-pyrrole nitrogens is 1. The molecule has 0 saturated heterocycles. The smallest absolute Gasteiger partial charge is 0.347 e. The molecule has 2 N–H and O–H groups in total. The van der Waals surface area contributed by atoms with Crippen molar-refractivity contribution in [3.8, 4) is 0 Å². The van der Waals surface area contributed by atoms with E-state index in [1.165, 1.54) is 0 Å². The standard InChI is InChI=1S/C8H14N4O/c1-5-6(9-2)7(12(3)4)11-8(13)10-5/h9H,1-4H3,(H,10,11,13). The molecule has 1 aromatic rings. The van der Waals surface area contributed by atoms with Gasteiger partial charge in [-0.05, 0) is 6.92 Å². The summed E-state index contributed by atoms with van der Waals surface area (Å²) in [7, 11) is 5.50. The van der Waals surface area contributed by atoms with Gasteiger partial charge in [-0.25, -0.2) is 4.79 Å². The molecule has 0 aliphatic carbocycles. The number of nitrogens with one attached hydrogen (secondary N) is 2. The number of aryl methyl sites for hydroxylation is 1. The molecule has 5 nitrogen and oxygen atoms in total. The average molecular weight is 182 g/mol. The first-order chi connectivity index (χ1) is 6.06. The monoisotopic (exact) mass is 182 g/mol. The van der Waals surface area contributed by atoms with Gasteiger partial charge in [0.15, 0.2) is 5.82 Å². The van der Waals surface area contributed by atoms with Crippen molar-refractivity contribution >= 4 is 11.5 Å². The van der Waals surface area contributed by atoms with Crippen molar-refractivity contribution in [2.75, 3.05) is 31.4 Å². The van der Waals surface area contributed by atoms with E-state index in [9.17, 15) is 4.79 Å². The van der Waals surface area contributed by atoms with E-state index in [4.69, 9.17) is 0 Å². The highest BCUT2D eigenvalue weighted by Crippen LogP contribution is 2.20. The lowest BCUT2D eigenvalue weighted by molar-refractivity contribution is 0.973. The summed E-state index contributed by atoms with van der Waals surface area (Å²) in [6.45, 7) is 1.84. The van der Waals surface area contributed by atoms with Crippen LogP contribution in [0.2, 0.25) is 0 Å². The van der Waals surface area contributed by atoms with Crippen molar-refractivity contribution in [2.45, 2.75) is 6.92 Å². The predicted octanol–water partition coefficient (Wildman–Crippen LogP) is 0.186. The summed E-state index contributed by atoms with van der Waals surface area (Å²) >= 11 is 0. The summed E-state index contributed by atoms with van der Waals surface area (Å²) < 4.78 is 0. The van der Waals surface area contributed by atoms with Gasteiger partial charge >= 0.3 is 5.69 Å². The van der Waals surface area contributed by atoms with Crippen molar-refractivity contribution in [2.24, 2.45) is 0 Å². The second-order valence-electron chi connectivity index (χ2n) is 3.01. The lowest BCUT2D eigenvalue weighted by atomic mass is 10.3. The van der Waals surface area contributed by atoms with Gasteiger partial charge in [0.2, 0.25) is 0 Å². The van der Waals surface area contributed by atoms with Gasteiger partial charge in [0, 0.05) is 26.8 Å². The highest BCUT2D eigenvalue weighted by molar-refractivity contribution is 5.66. The van der Waals surface area contributed by atoms with Crippen molar-refractivity contribution in [3.05, 3.63) is 16.2 Å². The molecule has 0 atom stereocenters. The van der Waals surface area contributed by atoms with Gasteiger partial charge in [0.25, 0.3) is 0 Å². The maximum atomic E-state index is 11.1. The zero-order valence-electron chi connectivity index (χ0n) is 8.30. The lowest BCUT2D eigenvalue weighted by Gasteiger charge is -2.16. The molecule has 5 heteroatoms. The van der Waals surface area contributed by atoms with Crippen molar-refractivity contribution in [1.82, 2.24) is 9.97 Å². The van der Waals surface area contributed by atoms with Crippen LogP contribution in [0.3, 0.4) is 0 Å². The van der Waals surface area contributed by atoms with E-state index in [0.717, 1.165) is 11.4 Å². The van der Waals surface area contributed by atoms with E-state index in [0.29, 0.717) is 5.82 Å². The third-order valence-corrected chi connectivity index (χ3v) is 1.77. The largest absolute Gasteiger partial charge is 0.384 e. The summed E-state index contributed by atoms with van der Waals surface area (Å²) in [6, 6.07) is 0. The zero-order chi connectivity index (χ0) is 10.0. The van der Waals surface area contributed by atoms with Crippen LogP contribution in [-0.4, -0.2) is 31.1 Å². The molecule has 1 heterocycles. The Balaban J connectivity index is 3.38. The van der Waals surface area contributed by atoms with Crippen LogP contribution >= 0.6 is 0 Å². The van der Waals surface area contributed by atoms with Crippen LogP contribution in [0.15, 0.2) is 4.79 Å². The summed E-state index contributed by atoms with van der Waals surface area (Å²) in [5.41, 5.74) is 1.33. The minimum Gasteiger partial charge on any atom is -0.384 e. The summed E-state index contributed by atoms with van der Waals surface area (Å²) in [5.74, 6) is 0.656. The average Bonchev–Trinajstić information content (AvgIpc) is 2.02. The van der Waals surface area contributed by atoms with E-state index in [-0.39, 0.29) is 5.69 Å². The Kier molecular flexibility index (Phi) is 2.55. The van der Waals surface area contributed by atoms with Crippen LogP contribution in [0.1, 0.15) is 5.69 Å². The third-order valence-electron chi connectivity index (χ3n) is 1.77. The van der Waals surface area contributed by atoms with Gasteiger partial charge in [-0.1, -0.05) is 0 Å². The number of hydrogen-bond donors (Lipinski definition) is 2. The van der Waals surface area contributed by atoms with Crippen molar-refractivity contribution in [1.29, 1.82) is 0 Å². The Labute approximate surface area is 76.8 Å². The number of hydrogen-bond acceptors (Lipinski definition) is 4. The first kappa shape index (κ1) is 9.57. The molecular weight excluding hydrogens is 168 g/mol. The number of nitrogens with zero attached hydrogens (tertiary/aromatic N) is 2. The molecule has 0 aliphatic heterocycles. The second-order valence-corrected chi connectivity index (χ2v) is 3.01. The minimum atomic E-state index is -0.319. The molecule has 1 rings (SSSR count). The molecule has 0 aliphatic rings. The normalized spacial score (nSPS) is 9.85. The number of anilines is 2. The van der Waals surface area contributed by atoms with E-state index >= 15 is 0 Å². The van der Waals surface area contributed by atoms with E-state index in [2.05, 4.69) is 15.3 Å². The fourth-order valence-electron chi connectivity index (χ4n) is 1.19. The van der Waals surface area contributed by atoms with Gasteiger partial charge in [0.05, 0.1) is 5.69 Å². The molecule has 0 radical (unpaired) electrons. The second kappa shape index (κ2) is 3.47. The summed E-state index contributed by atoms with van der Waals surface area (Å²) in [4.78, 5) is 19.3. The van der Waals surface area contributed by atoms with E-state index in [1.54, 1.807) is 11.9 Å². The topological polar surface area (TPSA) is 61.0 Å². The summed E-state index contributed by atoms with van der Waals surface area (Å²) in [6.07, 6.45) is 0. The first-order valence-corrected chi connectivity index (χ1v) is 4.02. The molecule has 0 fully saturated rings. The molecule has 0 unspecified atom stereocenters. The molecule has 13 heavy (non-hydrogen) atoms. The molecular formula is C8H14N4O. The predicted molar refractivity (Wildman–Crippen MR) is 53.5 cm³/mol. The van der Waals surface area contributed by atoms with Gasteiger partial charge in [0.1, 0.15) is 0 Å². The number of aromatic amines is 1. The maximum Gasteiger partial charge on any atom is 0.347 e. The number of rotatable bonds is 2. The van der Waals surface area contributed by atoms with Crippen molar-refractivity contribution < 1.29 is 0 Å². The molecule has 72 valence electrons. The minimum absolute atomic E-state index is 0.319. The zero-order valence-corrected chi connectivity index (χ0v) is 8.30. The van der Waals surface area contributed by atoms with Crippen molar-refractivity contribution in [3.63, 3.8) is 0 Å². The van der Waals surface area contributed by atoms with E-state index < -0.39 is 0 Å².